The maximum Gasteiger partial charge on any atom is 0.227 e. The maximum atomic E-state index is 13.0. The molecule has 2 aromatic rings. The molecule has 0 unspecified atom stereocenters. The molecule has 0 aromatic heterocycles. The fourth-order valence-corrected chi connectivity index (χ4v) is 4.67. The van der Waals surface area contributed by atoms with Crippen molar-refractivity contribution in [2.75, 3.05) is 11.9 Å². The Morgan fingerprint density at radius 1 is 0.897 bits per heavy atom. The van der Waals surface area contributed by atoms with Gasteiger partial charge in [-0.2, -0.15) is 0 Å². The van der Waals surface area contributed by atoms with E-state index < -0.39 is 0 Å². The lowest BCUT2D eigenvalue weighted by molar-refractivity contribution is -0.138. The van der Waals surface area contributed by atoms with E-state index in [1.54, 1.807) is 0 Å². The van der Waals surface area contributed by atoms with Crippen LogP contribution < -0.4 is 5.32 Å². The average Bonchev–Trinajstić information content (AvgIpc) is 2.76. The fraction of sp³-hybridized carbons (Fsp3) is 0.440. The van der Waals surface area contributed by atoms with Crippen molar-refractivity contribution in [1.82, 2.24) is 4.90 Å². The third-order valence-electron chi connectivity index (χ3n) is 6.75. The van der Waals surface area contributed by atoms with Crippen LogP contribution in [0.2, 0.25) is 0 Å². The van der Waals surface area contributed by atoms with Gasteiger partial charge in [0.2, 0.25) is 11.8 Å². The lowest BCUT2D eigenvalue weighted by Gasteiger charge is -2.34. The van der Waals surface area contributed by atoms with Gasteiger partial charge in [-0.05, 0) is 74.3 Å². The zero-order valence-corrected chi connectivity index (χ0v) is 17.4. The van der Waals surface area contributed by atoms with E-state index in [2.05, 4.69) is 36.5 Å². The van der Waals surface area contributed by atoms with E-state index in [9.17, 15) is 9.59 Å². The molecule has 1 aliphatic carbocycles. The van der Waals surface area contributed by atoms with Gasteiger partial charge in [0.1, 0.15) is 0 Å². The molecule has 29 heavy (non-hydrogen) atoms. The summed E-state index contributed by atoms with van der Waals surface area (Å²) in [6.45, 7) is 5.63. The largest absolute Gasteiger partial charge is 0.338 e. The second-order valence-corrected chi connectivity index (χ2v) is 8.56. The Balaban J connectivity index is 1.32. The topological polar surface area (TPSA) is 49.4 Å². The van der Waals surface area contributed by atoms with E-state index >= 15 is 0 Å². The van der Waals surface area contributed by atoms with Gasteiger partial charge in [0.15, 0.2) is 0 Å². The molecule has 0 spiro atoms. The van der Waals surface area contributed by atoms with Crippen molar-refractivity contribution < 1.29 is 9.59 Å². The summed E-state index contributed by atoms with van der Waals surface area (Å²) in [5.74, 6) is 0.426. The molecule has 152 valence electrons. The summed E-state index contributed by atoms with van der Waals surface area (Å²) in [4.78, 5) is 27.8. The molecule has 0 atom stereocenters. The smallest absolute Gasteiger partial charge is 0.227 e. The van der Waals surface area contributed by atoms with Crippen LogP contribution in [0.15, 0.2) is 42.5 Å². The number of nitrogens with zero attached hydrogens (tertiary/aromatic N) is 1. The summed E-state index contributed by atoms with van der Waals surface area (Å²) < 4.78 is 0. The normalized spacial score (nSPS) is 21.4. The predicted molar refractivity (Wildman–Crippen MR) is 116 cm³/mol. The number of carbonyl (C=O) groups excluding carboxylic acids is 2. The summed E-state index contributed by atoms with van der Waals surface area (Å²) in [7, 11) is 0. The highest BCUT2D eigenvalue weighted by Crippen LogP contribution is 2.32. The van der Waals surface area contributed by atoms with E-state index in [0.717, 1.165) is 56.4 Å². The number of fused-ring (bicyclic) bond motifs is 1. The summed E-state index contributed by atoms with van der Waals surface area (Å²) in [5, 5.41) is 3.10. The Hall–Kier alpha value is -2.62. The van der Waals surface area contributed by atoms with Crippen molar-refractivity contribution >= 4 is 17.5 Å². The molecular formula is C25H30N2O2. The van der Waals surface area contributed by atoms with Crippen LogP contribution in [0.25, 0.3) is 0 Å². The predicted octanol–water partition coefficient (Wildman–Crippen LogP) is 4.63. The molecule has 1 saturated carbocycles. The number of carbonyl (C=O) groups is 2. The van der Waals surface area contributed by atoms with Gasteiger partial charge in [0.25, 0.3) is 0 Å². The van der Waals surface area contributed by atoms with E-state index in [-0.39, 0.29) is 23.7 Å². The number of aryl methyl sites for hydroxylation is 1. The summed E-state index contributed by atoms with van der Waals surface area (Å²) >= 11 is 0. The van der Waals surface area contributed by atoms with Gasteiger partial charge in [0, 0.05) is 30.6 Å². The molecule has 4 heteroatoms. The lowest BCUT2D eigenvalue weighted by atomic mass is 9.80. The van der Waals surface area contributed by atoms with E-state index in [0.29, 0.717) is 0 Å². The Morgan fingerprint density at radius 3 is 2.34 bits per heavy atom. The number of anilines is 1. The Labute approximate surface area is 173 Å². The third-order valence-corrected chi connectivity index (χ3v) is 6.75. The molecule has 4 rings (SSSR count). The van der Waals surface area contributed by atoms with Gasteiger partial charge < -0.3 is 10.2 Å². The summed E-state index contributed by atoms with van der Waals surface area (Å²) in [5.41, 5.74) is 5.84. The highest BCUT2D eigenvalue weighted by Gasteiger charge is 2.33. The molecule has 0 saturated heterocycles. The number of nitrogens with one attached hydrogen (secondary N) is 1. The van der Waals surface area contributed by atoms with Gasteiger partial charge in [-0.15, -0.1) is 0 Å². The van der Waals surface area contributed by atoms with E-state index in [4.69, 9.17) is 0 Å². The standard InChI is InChI=1S/C25H30N2O2/c1-17-6-5-9-23(18(17)2)26-24(28)20-10-12-21(13-11-20)25(29)27-15-14-19-7-3-4-8-22(19)16-27/h3-9,20-21H,10-16H2,1-2H3,(H,26,28). The Kier molecular flexibility index (Phi) is 5.70. The van der Waals surface area contributed by atoms with Crippen molar-refractivity contribution in [3.8, 4) is 0 Å². The van der Waals surface area contributed by atoms with Crippen molar-refractivity contribution in [1.29, 1.82) is 0 Å². The van der Waals surface area contributed by atoms with E-state index in [1.165, 1.54) is 16.7 Å². The van der Waals surface area contributed by atoms with Crippen LogP contribution in [-0.4, -0.2) is 23.3 Å². The second-order valence-electron chi connectivity index (χ2n) is 8.56. The molecule has 1 aliphatic heterocycles. The molecule has 1 heterocycles. The quantitative estimate of drug-likeness (QED) is 0.830. The minimum Gasteiger partial charge on any atom is -0.338 e. The van der Waals surface area contributed by atoms with Gasteiger partial charge in [-0.1, -0.05) is 36.4 Å². The van der Waals surface area contributed by atoms with E-state index in [1.807, 2.05) is 30.0 Å². The van der Waals surface area contributed by atoms with Crippen molar-refractivity contribution in [3.05, 3.63) is 64.7 Å². The van der Waals surface area contributed by atoms with Crippen LogP contribution in [0.1, 0.15) is 47.9 Å². The number of benzene rings is 2. The molecule has 1 fully saturated rings. The molecular weight excluding hydrogens is 360 g/mol. The molecule has 0 bridgehead atoms. The van der Waals surface area contributed by atoms with Crippen LogP contribution in [0.3, 0.4) is 0 Å². The summed E-state index contributed by atoms with van der Waals surface area (Å²) in [6, 6.07) is 14.4. The van der Waals surface area contributed by atoms with Crippen molar-refractivity contribution in [3.63, 3.8) is 0 Å². The van der Waals surface area contributed by atoms with Crippen molar-refractivity contribution in [2.45, 2.75) is 52.5 Å². The number of hydrogen-bond acceptors (Lipinski definition) is 2. The molecule has 2 amide bonds. The van der Waals surface area contributed by atoms with Crippen LogP contribution in [0, 0.1) is 25.7 Å². The number of amides is 2. The third kappa shape index (κ3) is 4.21. The number of rotatable bonds is 3. The van der Waals surface area contributed by atoms with Gasteiger partial charge in [0.05, 0.1) is 0 Å². The second kappa shape index (κ2) is 8.40. The Bertz CT molecular complexity index is 913. The first-order valence-electron chi connectivity index (χ1n) is 10.8. The molecule has 4 nitrogen and oxygen atoms in total. The molecule has 2 aromatic carbocycles. The lowest BCUT2D eigenvalue weighted by Crippen LogP contribution is -2.41. The zero-order chi connectivity index (χ0) is 20.4. The minimum absolute atomic E-state index is 0.000967. The first kappa shape index (κ1) is 19.7. The monoisotopic (exact) mass is 390 g/mol. The van der Waals surface area contributed by atoms with Crippen LogP contribution >= 0.6 is 0 Å². The molecule has 0 radical (unpaired) electrons. The Morgan fingerprint density at radius 2 is 1.59 bits per heavy atom. The fourth-order valence-electron chi connectivity index (χ4n) is 4.67. The minimum atomic E-state index is 0.000967. The van der Waals surface area contributed by atoms with Gasteiger partial charge in [-0.3, -0.25) is 9.59 Å². The zero-order valence-electron chi connectivity index (χ0n) is 17.4. The highest BCUT2D eigenvalue weighted by molar-refractivity contribution is 5.93. The molecule has 2 aliphatic rings. The van der Waals surface area contributed by atoms with Crippen molar-refractivity contribution in [2.24, 2.45) is 11.8 Å². The van der Waals surface area contributed by atoms with Gasteiger partial charge >= 0.3 is 0 Å². The average molecular weight is 391 g/mol. The van der Waals surface area contributed by atoms with Crippen LogP contribution in [-0.2, 0) is 22.6 Å². The molecule has 1 N–H and O–H groups in total. The summed E-state index contributed by atoms with van der Waals surface area (Å²) in [6.07, 6.45) is 4.13. The number of hydrogen-bond donors (Lipinski definition) is 1. The van der Waals surface area contributed by atoms with Crippen LogP contribution in [0.5, 0.6) is 0 Å². The maximum absolute atomic E-state index is 13.0. The van der Waals surface area contributed by atoms with Gasteiger partial charge in [-0.25, -0.2) is 0 Å². The first-order valence-corrected chi connectivity index (χ1v) is 10.8. The van der Waals surface area contributed by atoms with Crippen LogP contribution in [0.4, 0.5) is 5.69 Å². The SMILES string of the molecule is Cc1cccc(NC(=O)C2CCC(C(=O)N3CCc4ccccc4C3)CC2)c1C. The first-order chi connectivity index (χ1) is 14.0. The highest BCUT2D eigenvalue weighted by atomic mass is 16.2.